The molecule has 0 unspecified atom stereocenters. The van der Waals surface area contributed by atoms with E-state index in [4.69, 9.17) is 15.2 Å². The van der Waals surface area contributed by atoms with Gasteiger partial charge < -0.3 is 15.2 Å². The highest BCUT2D eigenvalue weighted by atomic mass is 19.2. The molecule has 0 aliphatic carbocycles. The SMILES string of the molecule is COC(C)(C)CCOC(=O)c1cc(F)c(F)cc1N. The lowest BCUT2D eigenvalue weighted by atomic mass is 10.1. The molecule has 2 N–H and O–H groups in total. The second kappa shape index (κ2) is 5.97. The monoisotopic (exact) mass is 273 g/mol. The summed E-state index contributed by atoms with van der Waals surface area (Å²) in [5.41, 5.74) is 4.67. The summed E-state index contributed by atoms with van der Waals surface area (Å²) in [7, 11) is 1.55. The van der Waals surface area contributed by atoms with Crippen LogP contribution >= 0.6 is 0 Å². The molecule has 0 fully saturated rings. The number of benzene rings is 1. The Balaban J connectivity index is 2.67. The van der Waals surface area contributed by atoms with Gasteiger partial charge in [-0.1, -0.05) is 0 Å². The van der Waals surface area contributed by atoms with Crippen LogP contribution in [0.1, 0.15) is 30.6 Å². The Morgan fingerprint density at radius 3 is 2.47 bits per heavy atom. The minimum Gasteiger partial charge on any atom is -0.462 e. The Kier molecular flexibility index (Phi) is 4.83. The van der Waals surface area contributed by atoms with Gasteiger partial charge in [-0.2, -0.15) is 0 Å². The van der Waals surface area contributed by atoms with Crippen molar-refractivity contribution in [2.45, 2.75) is 25.9 Å². The van der Waals surface area contributed by atoms with E-state index in [1.54, 1.807) is 7.11 Å². The third-order valence-electron chi connectivity index (χ3n) is 2.80. The second-order valence-electron chi connectivity index (χ2n) is 4.70. The van der Waals surface area contributed by atoms with E-state index in [2.05, 4.69) is 0 Å². The van der Waals surface area contributed by atoms with Gasteiger partial charge in [-0.3, -0.25) is 0 Å². The number of ether oxygens (including phenoxy) is 2. The maximum atomic E-state index is 13.0. The molecule has 1 aromatic carbocycles. The summed E-state index contributed by atoms with van der Waals surface area (Å²) in [6.07, 6.45) is 0.471. The number of rotatable bonds is 5. The van der Waals surface area contributed by atoms with E-state index in [1.165, 1.54) is 0 Å². The number of nitrogens with two attached hydrogens (primary N) is 1. The number of carbonyl (C=O) groups excluding carboxylic acids is 1. The van der Waals surface area contributed by atoms with Gasteiger partial charge in [-0.15, -0.1) is 0 Å². The Bertz CT molecular complexity index is 475. The zero-order valence-electron chi connectivity index (χ0n) is 11.1. The molecular formula is C13H17F2NO3. The van der Waals surface area contributed by atoms with Gasteiger partial charge in [0.15, 0.2) is 11.6 Å². The first kappa shape index (κ1) is 15.4. The van der Waals surface area contributed by atoms with Gasteiger partial charge >= 0.3 is 5.97 Å². The molecule has 106 valence electrons. The van der Waals surface area contributed by atoms with Gasteiger partial charge in [0.05, 0.1) is 17.8 Å². The average molecular weight is 273 g/mol. The molecule has 0 saturated heterocycles. The number of carbonyl (C=O) groups is 1. The quantitative estimate of drug-likeness (QED) is 0.661. The fraction of sp³-hybridized carbons (Fsp3) is 0.462. The van der Waals surface area contributed by atoms with Gasteiger partial charge in [0.2, 0.25) is 0 Å². The Morgan fingerprint density at radius 1 is 1.32 bits per heavy atom. The summed E-state index contributed by atoms with van der Waals surface area (Å²) < 4.78 is 36.0. The molecule has 1 aromatic rings. The lowest BCUT2D eigenvalue weighted by Gasteiger charge is -2.22. The molecule has 1 rings (SSSR count). The highest BCUT2D eigenvalue weighted by molar-refractivity contribution is 5.95. The van der Waals surface area contributed by atoms with Crippen LogP contribution in [0.15, 0.2) is 12.1 Å². The molecule has 4 nitrogen and oxygen atoms in total. The zero-order valence-corrected chi connectivity index (χ0v) is 11.1. The molecule has 0 atom stereocenters. The lowest BCUT2D eigenvalue weighted by Crippen LogP contribution is -2.25. The molecule has 0 aromatic heterocycles. The van der Waals surface area contributed by atoms with Gasteiger partial charge in [-0.25, -0.2) is 13.6 Å². The Labute approximate surface area is 110 Å². The van der Waals surface area contributed by atoms with Crippen LogP contribution in [0.25, 0.3) is 0 Å². The number of hydrogen-bond acceptors (Lipinski definition) is 4. The second-order valence-corrected chi connectivity index (χ2v) is 4.70. The number of nitrogen functional groups attached to an aromatic ring is 1. The first-order chi connectivity index (χ1) is 8.76. The maximum absolute atomic E-state index is 13.0. The normalized spacial score (nSPS) is 11.4. The van der Waals surface area contributed by atoms with Crippen molar-refractivity contribution < 1.29 is 23.0 Å². The van der Waals surface area contributed by atoms with Crippen molar-refractivity contribution >= 4 is 11.7 Å². The average Bonchev–Trinajstić information content (AvgIpc) is 2.33. The summed E-state index contributed by atoms with van der Waals surface area (Å²) in [6.45, 7) is 3.78. The van der Waals surface area contributed by atoms with E-state index in [1.807, 2.05) is 13.8 Å². The molecule has 6 heteroatoms. The molecule has 0 aliphatic rings. The van der Waals surface area contributed by atoms with Crippen LogP contribution in [0.2, 0.25) is 0 Å². The van der Waals surface area contributed by atoms with Crippen LogP contribution in [0, 0.1) is 11.6 Å². The highest BCUT2D eigenvalue weighted by Gasteiger charge is 2.19. The summed E-state index contributed by atoms with van der Waals surface area (Å²) >= 11 is 0. The van der Waals surface area contributed by atoms with Crippen LogP contribution in [0.5, 0.6) is 0 Å². The van der Waals surface area contributed by atoms with Crippen LogP contribution in [-0.4, -0.2) is 25.3 Å². The fourth-order valence-electron chi connectivity index (χ4n) is 1.31. The fourth-order valence-corrected chi connectivity index (χ4v) is 1.31. The molecule has 0 bridgehead atoms. The third kappa shape index (κ3) is 4.17. The third-order valence-corrected chi connectivity index (χ3v) is 2.80. The molecular weight excluding hydrogens is 256 g/mol. The largest absolute Gasteiger partial charge is 0.462 e. The molecule has 0 saturated carbocycles. The van der Waals surface area contributed by atoms with Gasteiger partial charge in [-0.05, 0) is 19.9 Å². The first-order valence-corrected chi connectivity index (χ1v) is 5.73. The van der Waals surface area contributed by atoms with Crippen molar-refractivity contribution in [3.8, 4) is 0 Å². The van der Waals surface area contributed by atoms with Gasteiger partial charge in [0, 0.05) is 25.3 Å². The van der Waals surface area contributed by atoms with Crippen LogP contribution in [0.3, 0.4) is 0 Å². The standard InChI is InChI=1S/C13H17F2NO3/c1-13(2,18-3)4-5-19-12(17)8-6-9(14)10(15)7-11(8)16/h6-7H,4-5,16H2,1-3H3. The predicted molar refractivity (Wildman–Crippen MR) is 66.8 cm³/mol. The summed E-state index contributed by atoms with van der Waals surface area (Å²) in [5.74, 6) is -3.03. The number of halogens is 2. The topological polar surface area (TPSA) is 61.5 Å². The summed E-state index contributed by atoms with van der Waals surface area (Å²) in [6, 6.07) is 1.49. The highest BCUT2D eigenvalue weighted by Crippen LogP contribution is 2.19. The number of anilines is 1. The predicted octanol–water partition coefficient (Wildman–Crippen LogP) is 2.52. The zero-order chi connectivity index (χ0) is 14.6. The van der Waals surface area contributed by atoms with Crippen molar-refractivity contribution in [3.63, 3.8) is 0 Å². The minimum atomic E-state index is -1.14. The van der Waals surface area contributed by atoms with Crippen molar-refractivity contribution in [1.29, 1.82) is 0 Å². The summed E-state index contributed by atoms with van der Waals surface area (Å²) in [4.78, 5) is 11.7. The maximum Gasteiger partial charge on any atom is 0.340 e. The van der Waals surface area contributed by atoms with E-state index >= 15 is 0 Å². The molecule has 0 spiro atoms. The molecule has 0 heterocycles. The van der Waals surface area contributed by atoms with Crippen LogP contribution < -0.4 is 5.73 Å². The van der Waals surface area contributed by atoms with E-state index in [0.717, 1.165) is 12.1 Å². The smallest absolute Gasteiger partial charge is 0.340 e. The van der Waals surface area contributed by atoms with Crippen molar-refractivity contribution in [3.05, 3.63) is 29.3 Å². The first-order valence-electron chi connectivity index (χ1n) is 5.73. The van der Waals surface area contributed by atoms with Crippen molar-refractivity contribution in [2.24, 2.45) is 0 Å². The Morgan fingerprint density at radius 2 is 1.89 bits per heavy atom. The van der Waals surface area contributed by atoms with E-state index in [-0.39, 0.29) is 17.9 Å². The summed E-state index contributed by atoms with van der Waals surface area (Å²) in [5, 5.41) is 0. The molecule has 0 amide bonds. The minimum absolute atomic E-state index is 0.0953. The molecule has 19 heavy (non-hydrogen) atoms. The number of methoxy groups -OCH3 is 1. The van der Waals surface area contributed by atoms with Crippen LogP contribution in [0.4, 0.5) is 14.5 Å². The Hall–Kier alpha value is -1.69. The lowest BCUT2D eigenvalue weighted by molar-refractivity contribution is -0.00561. The van der Waals surface area contributed by atoms with Crippen molar-refractivity contribution in [2.75, 3.05) is 19.5 Å². The van der Waals surface area contributed by atoms with E-state index in [9.17, 15) is 13.6 Å². The van der Waals surface area contributed by atoms with Gasteiger partial charge in [0.25, 0.3) is 0 Å². The number of hydrogen-bond donors (Lipinski definition) is 1. The van der Waals surface area contributed by atoms with Crippen molar-refractivity contribution in [1.82, 2.24) is 0 Å². The molecule has 0 radical (unpaired) electrons. The van der Waals surface area contributed by atoms with E-state index < -0.39 is 23.2 Å². The van der Waals surface area contributed by atoms with Crippen LogP contribution in [-0.2, 0) is 9.47 Å². The molecule has 0 aliphatic heterocycles. The van der Waals surface area contributed by atoms with Gasteiger partial charge in [0.1, 0.15) is 0 Å². The number of esters is 1. The van der Waals surface area contributed by atoms with E-state index in [0.29, 0.717) is 6.42 Å².